The summed E-state index contributed by atoms with van der Waals surface area (Å²) < 4.78 is 0. The van der Waals surface area contributed by atoms with E-state index in [9.17, 15) is 4.79 Å². The zero-order valence-electron chi connectivity index (χ0n) is 7.44. The maximum absolute atomic E-state index is 10.6. The van der Waals surface area contributed by atoms with Crippen molar-refractivity contribution in [2.45, 2.75) is 13.8 Å². The van der Waals surface area contributed by atoms with E-state index in [1.807, 2.05) is 13.8 Å². The molecule has 1 rings (SSSR count). The standard InChI is InChI=1S/C8H13NO3/c1-8(2)5(4-9-12-3)6(8)7(10)11/h4-6H,1-3H3,(H,10,11)/t5-,6-/m0/s1. The molecule has 1 aliphatic rings. The third-order valence-electron chi connectivity index (χ3n) is 2.50. The number of carboxylic acids is 1. The van der Waals surface area contributed by atoms with Crippen LogP contribution in [0.15, 0.2) is 5.16 Å². The highest BCUT2D eigenvalue weighted by Gasteiger charge is 2.61. The third kappa shape index (κ3) is 1.29. The molecular formula is C8H13NO3. The molecule has 4 nitrogen and oxygen atoms in total. The molecule has 0 aromatic heterocycles. The van der Waals surface area contributed by atoms with Crippen molar-refractivity contribution < 1.29 is 14.7 Å². The minimum atomic E-state index is -0.757. The summed E-state index contributed by atoms with van der Waals surface area (Å²) in [6.07, 6.45) is 1.57. The first-order chi connectivity index (χ1) is 5.51. The summed E-state index contributed by atoms with van der Waals surface area (Å²) in [6.45, 7) is 3.83. The second-order valence-corrected chi connectivity index (χ2v) is 3.60. The molecule has 2 atom stereocenters. The van der Waals surface area contributed by atoms with Crippen LogP contribution in [0.5, 0.6) is 0 Å². The lowest BCUT2D eigenvalue weighted by atomic mass is 10.1. The van der Waals surface area contributed by atoms with Gasteiger partial charge in [0.15, 0.2) is 0 Å². The van der Waals surface area contributed by atoms with E-state index in [0.717, 1.165) is 0 Å². The molecule has 0 bridgehead atoms. The lowest BCUT2D eigenvalue weighted by Crippen LogP contribution is -2.03. The van der Waals surface area contributed by atoms with E-state index in [2.05, 4.69) is 9.99 Å². The highest BCUT2D eigenvalue weighted by Crippen LogP contribution is 2.57. The van der Waals surface area contributed by atoms with Crippen LogP contribution in [0.1, 0.15) is 13.8 Å². The normalized spacial score (nSPS) is 31.9. The topological polar surface area (TPSA) is 58.9 Å². The molecule has 12 heavy (non-hydrogen) atoms. The van der Waals surface area contributed by atoms with Gasteiger partial charge in [-0.2, -0.15) is 0 Å². The molecule has 0 spiro atoms. The first-order valence-corrected chi connectivity index (χ1v) is 3.81. The summed E-state index contributed by atoms with van der Waals surface area (Å²) in [4.78, 5) is 15.1. The second kappa shape index (κ2) is 2.77. The van der Waals surface area contributed by atoms with Crippen LogP contribution in [0.4, 0.5) is 0 Å². The molecule has 0 amide bonds. The molecule has 0 unspecified atom stereocenters. The van der Waals surface area contributed by atoms with Crippen LogP contribution in [-0.2, 0) is 9.63 Å². The molecule has 68 valence electrons. The Morgan fingerprint density at radius 2 is 2.25 bits per heavy atom. The molecule has 0 heterocycles. The molecule has 4 heteroatoms. The Labute approximate surface area is 71.2 Å². The first kappa shape index (κ1) is 9.03. The van der Waals surface area contributed by atoms with Gasteiger partial charge in [-0.3, -0.25) is 4.79 Å². The van der Waals surface area contributed by atoms with Crippen molar-refractivity contribution in [1.29, 1.82) is 0 Å². The van der Waals surface area contributed by atoms with E-state index in [-0.39, 0.29) is 17.3 Å². The van der Waals surface area contributed by atoms with Gasteiger partial charge in [-0.05, 0) is 5.41 Å². The predicted molar refractivity (Wildman–Crippen MR) is 43.9 cm³/mol. The molecule has 0 aromatic carbocycles. The number of carboxylic acid groups (broad SMARTS) is 1. The smallest absolute Gasteiger partial charge is 0.307 e. The van der Waals surface area contributed by atoms with Gasteiger partial charge in [0, 0.05) is 12.1 Å². The van der Waals surface area contributed by atoms with E-state index >= 15 is 0 Å². The highest BCUT2D eigenvalue weighted by atomic mass is 16.6. The van der Waals surface area contributed by atoms with Gasteiger partial charge in [-0.15, -0.1) is 0 Å². The molecule has 0 saturated heterocycles. The zero-order valence-corrected chi connectivity index (χ0v) is 7.44. The molecule has 1 fully saturated rings. The Morgan fingerprint density at radius 3 is 2.58 bits per heavy atom. The van der Waals surface area contributed by atoms with Crippen LogP contribution >= 0.6 is 0 Å². The molecule has 0 radical (unpaired) electrons. The van der Waals surface area contributed by atoms with Crippen molar-refractivity contribution in [2.75, 3.05) is 7.11 Å². The number of aliphatic carboxylic acids is 1. The van der Waals surface area contributed by atoms with E-state index in [1.165, 1.54) is 7.11 Å². The number of rotatable bonds is 3. The van der Waals surface area contributed by atoms with E-state index < -0.39 is 5.97 Å². The van der Waals surface area contributed by atoms with E-state index in [1.54, 1.807) is 6.21 Å². The van der Waals surface area contributed by atoms with Crippen molar-refractivity contribution in [1.82, 2.24) is 0 Å². The number of hydrogen-bond donors (Lipinski definition) is 1. The molecule has 1 N–H and O–H groups in total. The average Bonchev–Trinajstić information content (AvgIpc) is 2.49. The van der Waals surface area contributed by atoms with Crippen LogP contribution in [0.2, 0.25) is 0 Å². The summed E-state index contributed by atoms with van der Waals surface area (Å²) in [5, 5.41) is 12.3. The van der Waals surface area contributed by atoms with Gasteiger partial charge in [0.25, 0.3) is 0 Å². The Morgan fingerprint density at radius 1 is 1.67 bits per heavy atom. The van der Waals surface area contributed by atoms with Crippen LogP contribution < -0.4 is 0 Å². The fourth-order valence-corrected chi connectivity index (χ4v) is 1.55. The minimum Gasteiger partial charge on any atom is -0.481 e. The van der Waals surface area contributed by atoms with Crippen molar-refractivity contribution in [3.05, 3.63) is 0 Å². The van der Waals surface area contributed by atoms with Crippen molar-refractivity contribution in [3.8, 4) is 0 Å². The zero-order chi connectivity index (χ0) is 9.35. The maximum atomic E-state index is 10.6. The van der Waals surface area contributed by atoms with E-state index in [4.69, 9.17) is 5.11 Å². The quantitative estimate of drug-likeness (QED) is 0.508. The Bertz CT molecular complexity index is 222. The highest BCUT2D eigenvalue weighted by molar-refractivity contribution is 5.84. The molecule has 1 aliphatic carbocycles. The first-order valence-electron chi connectivity index (χ1n) is 3.81. The van der Waals surface area contributed by atoms with Crippen molar-refractivity contribution in [2.24, 2.45) is 22.4 Å². The number of carbonyl (C=O) groups is 1. The number of oxime groups is 1. The van der Waals surface area contributed by atoms with Gasteiger partial charge in [-0.25, -0.2) is 0 Å². The van der Waals surface area contributed by atoms with Crippen LogP contribution in [0.3, 0.4) is 0 Å². The predicted octanol–water partition coefficient (Wildman–Crippen LogP) is 0.975. The lowest BCUT2D eigenvalue weighted by Gasteiger charge is -1.95. The van der Waals surface area contributed by atoms with Crippen LogP contribution in [0.25, 0.3) is 0 Å². The Kier molecular flexibility index (Phi) is 2.08. The van der Waals surface area contributed by atoms with Gasteiger partial charge in [0.2, 0.25) is 0 Å². The summed E-state index contributed by atoms with van der Waals surface area (Å²) in [6, 6.07) is 0. The minimum absolute atomic E-state index is 0.00921. The summed E-state index contributed by atoms with van der Waals surface area (Å²) >= 11 is 0. The molecule has 1 saturated carbocycles. The SMILES string of the molecule is CON=C[C@H]1[C@@H](C(=O)O)C1(C)C. The van der Waals surface area contributed by atoms with Gasteiger partial charge in [-0.1, -0.05) is 19.0 Å². The second-order valence-electron chi connectivity index (χ2n) is 3.60. The fourth-order valence-electron chi connectivity index (χ4n) is 1.55. The summed E-state index contributed by atoms with van der Waals surface area (Å²) in [5.74, 6) is -1.06. The number of nitrogens with zero attached hydrogens (tertiary/aromatic N) is 1. The van der Waals surface area contributed by atoms with Gasteiger partial charge in [0.1, 0.15) is 7.11 Å². The Hall–Kier alpha value is -1.06. The van der Waals surface area contributed by atoms with Gasteiger partial charge >= 0.3 is 5.97 Å². The van der Waals surface area contributed by atoms with E-state index in [0.29, 0.717) is 0 Å². The van der Waals surface area contributed by atoms with Crippen molar-refractivity contribution in [3.63, 3.8) is 0 Å². The molecular weight excluding hydrogens is 158 g/mol. The van der Waals surface area contributed by atoms with Crippen LogP contribution in [-0.4, -0.2) is 24.4 Å². The van der Waals surface area contributed by atoms with Crippen molar-refractivity contribution >= 4 is 12.2 Å². The van der Waals surface area contributed by atoms with Gasteiger partial charge < -0.3 is 9.94 Å². The third-order valence-corrected chi connectivity index (χ3v) is 2.50. The number of hydrogen-bond acceptors (Lipinski definition) is 3. The maximum Gasteiger partial charge on any atom is 0.307 e. The Balaban J connectivity index is 2.60. The molecule has 0 aromatic rings. The largest absolute Gasteiger partial charge is 0.481 e. The monoisotopic (exact) mass is 171 g/mol. The fraction of sp³-hybridized carbons (Fsp3) is 0.750. The summed E-state index contributed by atoms with van der Waals surface area (Å²) in [5.41, 5.74) is -0.173. The van der Waals surface area contributed by atoms with Crippen LogP contribution in [0, 0.1) is 17.3 Å². The summed E-state index contributed by atoms with van der Waals surface area (Å²) in [7, 11) is 1.45. The lowest BCUT2D eigenvalue weighted by molar-refractivity contribution is -0.139. The molecule has 0 aliphatic heterocycles. The average molecular weight is 171 g/mol. The van der Waals surface area contributed by atoms with Gasteiger partial charge in [0.05, 0.1) is 5.92 Å².